The highest BCUT2D eigenvalue weighted by molar-refractivity contribution is 5.42. The number of rotatable bonds is 1. The first-order valence-corrected chi connectivity index (χ1v) is 4.19. The minimum absolute atomic E-state index is 0.540. The average molecular weight is 175 g/mol. The molecule has 0 amide bonds. The predicted octanol–water partition coefficient (Wildman–Crippen LogP) is 2.09. The molecule has 1 rings (SSSR count). The van der Waals surface area contributed by atoms with Gasteiger partial charge in [0.2, 0.25) is 0 Å². The molecule has 0 saturated heterocycles. The number of aryl methyl sites for hydroxylation is 1. The van der Waals surface area contributed by atoms with E-state index in [4.69, 9.17) is 5.26 Å². The Kier molecular flexibility index (Phi) is 2.40. The molecule has 13 heavy (non-hydrogen) atoms. The van der Waals surface area contributed by atoms with Crippen LogP contribution in [0.2, 0.25) is 0 Å². The number of hydrogen-bond donors (Lipinski definition) is 1. The van der Waals surface area contributed by atoms with Crippen molar-refractivity contribution in [2.75, 3.05) is 0 Å². The van der Waals surface area contributed by atoms with Crippen LogP contribution in [0.3, 0.4) is 0 Å². The van der Waals surface area contributed by atoms with Gasteiger partial charge in [-0.2, -0.15) is 5.26 Å². The molecule has 1 N–H and O–H groups in total. The van der Waals surface area contributed by atoms with Crippen molar-refractivity contribution in [2.45, 2.75) is 26.4 Å². The molecule has 68 valence electrons. The molecular formula is C11H13NO. The summed E-state index contributed by atoms with van der Waals surface area (Å²) in [5, 5.41) is 18.6. The van der Waals surface area contributed by atoms with Crippen LogP contribution in [-0.4, -0.2) is 5.11 Å². The third kappa shape index (κ3) is 2.07. The lowest BCUT2D eigenvalue weighted by Gasteiger charge is -2.19. The maximum absolute atomic E-state index is 9.77. The molecular weight excluding hydrogens is 162 g/mol. The second kappa shape index (κ2) is 3.20. The highest BCUT2D eigenvalue weighted by atomic mass is 16.3. The zero-order valence-electron chi connectivity index (χ0n) is 8.13. The molecule has 0 aliphatic heterocycles. The Morgan fingerprint density at radius 2 is 2.00 bits per heavy atom. The first-order chi connectivity index (χ1) is 5.95. The fourth-order valence-electron chi connectivity index (χ4n) is 1.26. The summed E-state index contributed by atoms with van der Waals surface area (Å²) in [4.78, 5) is 0. The van der Waals surface area contributed by atoms with Gasteiger partial charge >= 0.3 is 0 Å². The van der Waals surface area contributed by atoms with Gasteiger partial charge < -0.3 is 5.11 Å². The monoisotopic (exact) mass is 175 g/mol. The zero-order chi connectivity index (χ0) is 10.1. The average Bonchev–Trinajstić information content (AvgIpc) is 2.03. The normalized spacial score (nSPS) is 11.0. The number of hydrogen-bond acceptors (Lipinski definition) is 2. The van der Waals surface area contributed by atoms with E-state index >= 15 is 0 Å². The first-order valence-electron chi connectivity index (χ1n) is 4.19. The Bertz CT molecular complexity index is 355. The van der Waals surface area contributed by atoms with E-state index in [9.17, 15) is 5.11 Å². The fraction of sp³-hybridized carbons (Fsp3) is 0.364. The van der Waals surface area contributed by atoms with Crippen molar-refractivity contribution in [1.82, 2.24) is 0 Å². The summed E-state index contributed by atoms with van der Waals surface area (Å²) in [6.45, 7) is 5.31. The second-order valence-corrected chi connectivity index (χ2v) is 3.72. The third-order valence-electron chi connectivity index (χ3n) is 1.95. The molecule has 0 heterocycles. The van der Waals surface area contributed by atoms with Crippen LogP contribution < -0.4 is 0 Å². The summed E-state index contributed by atoms with van der Waals surface area (Å²) < 4.78 is 0. The van der Waals surface area contributed by atoms with Crippen molar-refractivity contribution in [1.29, 1.82) is 5.26 Å². The van der Waals surface area contributed by atoms with E-state index in [0.717, 1.165) is 5.56 Å². The van der Waals surface area contributed by atoms with E-state index in [0.29, 0.717) is 11.1 Å². The molecule has 2 nitrogen and oxygen atoms in total. The molecule has 0 unspecified atom stereocenters. The number of nitriles is 1. The molecule has 1 aromatic carbocycles. The standard InChI is InChI=1S/C11H13NO/c1-8-4-5-9(7-12)10(6-8)11(2,3)13/h4-6,13H,1-3H3. The van der Waals surface area contributed by atoms with Crippen molar-refractivity contribution >= 4 is 0 Å². The molecule has 0 fully saturated rings. The minimum atomic E-state index is -0.947. The van der Waals surface area contributed by atoms with Crippen LogP contribution in [-0.2, 0) is 5.60 Å². The largest absolute Gasteiger partial charge is 0.386 e. The maximum Gasteiger partial charge on any atom is 0.0995 e. The van der Waals surface area contributed by atoms with Gasteiger partial charge in [0.25, 0.3) is 0 Å². The van der Waals surface area contributed by atoms with Crippen molar-refractivity contribution in [3.63, 3.8) is 0 Å². The van der Waals surface area contributed by atoms with Crippen LogP contribution >= 0.6 is 0 Å². The first kappa shape index (κ1) is 9.76. The highest BCUT2D eigenvalue weighted by Gasteiger charge is 2.19. The molecule has 0 spiro atoms. The lowest BCUT2D eigenvalue weighted by Crippen LogP contribution is -2.17. The number of benzene rings is 1. The quantitative estimate of drug-likeness (QED) is 0.710. The van der Waals surface area contributed by atoms with Gasteiger partial charge in [0.15, 0.2) is 0 Å². The summed E-state index contributed by atoms with van der Waals surface area (Å²) >= 11 is 0. The van der Waals surface area contributed by atoms with E-state index in [1.54, 1.807) is 19.9 Å². The van der Waals surface area contributed by atoms with Crippen LogP contribution in [0.15, 0.2) is 18.2 Å². The Hall–Kier alpha value is -1.33. The molecule has 0 atom stereocenters. The third-order valence-corrected chi connectivity index (χ3v) is 1.95. The SMILES string of the molecule is Cc1ccc(C#N)c(C(C)(C)O)c1. The van der Waals surface area contributed by atoms with E-state index in [2.05, 4.69) is 6.07 Å². The molecule has 0 aromatic heterocycles. The van der Waals surface area contributed by atoms with Crippen molar-refractivity contribution in [3.05, 3.63) is 34.9 Å². The lowest BCUT2D eigenvalue weighted by atomic mass is 9.92. The smallest absolute Gasteiger partial charge is 0.0995 e. The van der Waals surface area contributed by atoms with Gasteiger partial charge in [-0.05, 0) is 26.8 Å². The molecule has 0 radical (unpaired) electrons. The topological polar surface area (TPSA) is 44.0 Å². The van der Waals surface area contributed by atoms with Crippen LogP contribution in [0.25, 0.3) is 0 Å². The van der Waals surface area contributed by atoms with Crippen LogP contribution in [0.5, 0.6) is 0 Å². The van der Waals surface area contributed by atoms with E-state index in [1.165, 1.54) is 0 Å². The number of aliphatic hydroxyl groups is 1. The molecule has 1 aromatic rings. The maximum atomic E-state index is 9.77. The summed E-state index contributed by atoms with van der Waals surface area (Å²) in [7, 11) is 0. The van der Waals surface area contributed by atoms with Gasteiger partial charge in [-0.25, -0.2) is 0 Å². The van der Waals surface area contributed by atoms with Crippen molar-refractivity contribution < 1.29 is 5.11 Å². The van der Waals surface area contributed by atoms with Crippen molar-refractivity contribution in [3.8, 4) is 6.07 Å². The van der Waals surface area contributed by atoms with Gasteiger partial charge in [0, 0.05) is 5.56 Å². The van der Waals surface area contributed by atoms with Gasteiger partial charge in [0.1, 0.15) is 0 Å². The van der Waals surface area contributed by atoms with Gasteiger partial charge in [0.05, 0.1) is 17.2 Å². The predicted molar refractivity (Wildman–Crippen MR) is 51.1 cm³/mol. The summed E-state index contributed by atoms with van der Waals surface area (Å²) in [6.07, 6.45) is 0. The van der Waals surface area contributed by atoms with E-state index in [1.807, 2.05) is 19.1 Å². The Morgan fingerprint density at radius 1 is 1.38 bits per heavy atom. The minimum Gasteiger partial charge on any atom is -0.386 e. The molecule has 0 aliphatic rings. The Morgan fingerprint density at radius 3 is 2.46 bits per heavy atom. The molecule has 0 bridgehead atoms. The van der Waals surface area contributed by atoms with E-state index < -0.39 is 5.60 Å². The van der Waals surface area contributed by atoms with Crippen molar-refractivity contribution in [2.24, 2.45) is 0 Å². The Labute approximate surface area is 78.4 Å². The lowest BCUT2D eigenvalue weighted by molar-refractivity contribution is 0.0782. The highest BCUT2D eigenvalue weighted by Crippen LogP contribution is 2.24. The molecule has 2 heteroatoms. The van der Waals surface area contributed by atoms with Gasteiger partial charge in [-0.15, -0.1) is 0 Å². The van der Waals surface area contributed by atoms with Crippen LogP contribution in [0, 0.1) is 18.3 Å². The summed E-state index contributed by atoms with van der Waals surface area (Å²) in [5.74, 6) is 0. The van der Waals surface area contributed by atoms with Crippen LogP contribution in [0.4, 0.5) is 0 Å². The van der Waals surface area contributed by atoms with E-state index in [-0.39, 0.29) is 0 Å². The van der Waals surface area contributed by atoms with Gasteiger partial charge in [-0.3, -0.25) is 0 Å². The molecule has 0 aliphatic carbocycles. The second-order valence-electron chi connectivity index (χ2n) is 3.72. The van der Waals surface area contributed by atoms with Gasteiger partial charge in [-0.1, -0.05) is 17.7 Å². The summed E-state index contributed by atoms with van der Waals surface area (Å²) in [6, 6.07) is 7.52. The van der Waals surface area contributed by atoms with Crippen LogP contribution in [0.1, 0.15) is 30.5 Å². The zero-order valence-corrected chi connectivity index (χ0v) is 8.13. The Balaban J connectivity index is 3.35. The fourth-order valence-corrected chi connectivity index (χ4v) is 1.26. The summed E-state index contributed by atoms with van der Waals surface area (Å²) in [5.41, 5.74) is 1.33. The molecule has 0 saturated carbocycles. The number of nitrogens with zero attached hydrogens (tertiary/aromatic N) is 1.